The van der Waals surface area contributed by atoms with Crippen molar-refractivity contribution in [2.24, 2.45) is 10.7 Å². The Balaban J connectivity index is 1.97. The van der Waals surface area contributed by atoms with Gasteiger partial charge in [0.25, 0.3) is 0 Å². The Morgan fingerprint density at radius 2 is 1.90 bits per heavy atom. The molecule has 0 fully saturated rings. The molecule has 0 spiro atoms. The minimum absolute atomic E-state index is 0.0741. The number of rotatable bonds is 9. The van der Waals surface area contributed by atoms with Crippen molar-refractivity contribution < 1.29 is 14.6 Å². The van der Waals surface area contributed by atoms with Gasteiger partial charge >= 0.3 is 0 Å². The highest BCUT2D eigenvalue weighted by Gasteiger charge is 2.10. The molecule has 0 aliphatic heterocycles. The van der Waals surface area contributed by atoms with Crippen molar-refractivity contribution in [3.05, 3.63) is 65.2 Å². The molecule has 0 heterocycles. The van der Waals surface area contributed by atoms with E-state index in [-0.39, 0.29) is 6.10 Å². The molecule has 2 rings (SSSR count). The summed E-state index contributed by atoms with van der Waals surface area (Å²) >= 11 is 0. The lowest BCUT2D eigenvalue weighted by Gasteiger charge is -2.17. The van der Waals surface area contributed by atoms with Crippen LogP contribution in [0.15, 0.2) is 53.5 Å². The number of nitrogens with one attached hydrogen (secondary N) is 2. The summed E-state index contributed by atoms with van der Waals surface area (Å²) in [5.74, 6) is 0.878. The monoisotopic (exact) mass is 398 g/mol. The quantitative estimate of drug-likeness (QED) is 0.383. The molecular weight excluding hydrogens is 368 g/mol. The molecule has 5 N–H and O–H groups in total. The van der Waals surface area contributed by atoms with Gasteiger partial charge in [-0.25, -0.2) is 4.99 Å². The number of aliphatic imine (C=N–C) groups is 1. The topological polar surface area (TPSA) is 109 Å². The summed E-state index contributed by atoms with van der Waals surface area (Å²) in [5.41, 5.74) is 7.45. The average molecular weight is 399 g/mol. The number of primary amides is 1. The van der Waals surface area contributed by atoms with E-state index in [0.29, 0.717) is 31.2 Å². The molecule has 1 amide bonds. The van der Waals surface area contributed by atoms with E-state index < -0.39 is 12.0 Å². The molecule has 1 atom stereocenters. The van der Waals surface area contributed by atoms with Gasteiger partial charge in [-0.15, -0.1) is 0 Å². The average Bonchev–Trinajstić information content (AvgIpc) is 2.69. The minimum Gasteiger partial charge on any atom is -0.491 e. The Labute approximate surface area is 172 Å². The van der Waals surface area contributed by atoms with Crippen molar-refractivity contribution in [2.45, 2.75) is 39.5 Å². The number of carbonyl (C=O) groups excluding carboxylic acids is 1. The molecule has 0 radical (unpaired) electrons. The van der Waals surface area contributed by atoms with Crippen LogP contribution in [0.25, 0.3) is 0 Å². The van der Waals surface area contributed by atoms with Crippen LogP contribution in [0.5, 0.6) is 5.75 Å². The normalized spacial score (nSPS) is 12.5. The van der Waals surface area contributed by atoms with E-state index in [1.165, 1.54) is 0 Å². The molecule has 0 aliphatic carbocycles. The number of hydrogen-bond acceptors (Lipinski definition) is 4. The molecule has 29 heavy (non-hydrogen) atoms. The Morgan fingerprint density at radius 3 is 2.52 bits per heavy atom. The van der Waals surface area contributed by atoms with Crippen molar-refractivity contribution >= 4 is 11.9 Å². The maximum atomic E-state index is 11.1. The second-order valence-corrected chi connectivity index (χ2v) is 6.89. The fourth-order valence-electron chi connectivity index (χ4n) is 2.67. The van der Waals surface area contributed by atoms with Crippen LogP contribution < -0.4 is 21.1 Å². The van der Waals surface area contributed by atoms with Crippen LogP contribution in [-0.2, 0) is 6.54 Å². The van der Waals surface area contributed by atoms with Crippen molar-refractivity contribution in [3.63, 3.8) is 0 Å². The molecule has 2 aromatic carbocycles. The first kappa shape index (κ1) is 22.2. The summed E-state index contributed by atoms with van der Waals surface area (Å²) in [4.78, 5) is 15.7. The number of aliphatic hydroxyl groups is 1. The van der Waals surface area contributed by atoms with E-state index >= 15 is 0 Å². The second-order valence-electron chi connectivity index (χ2n) is 6.89. The molecule has 0 aliphatic rings. The zero-order chi connectivity index (χ0) is 21.2. The van der Waals surface area contributed by atoms with Gasteiger partial charge in [-0.1, -0.05) is 24.3 Å². The maximum absolute atomic E-state index is 11.1. The number of carbonyl (C=O) groups is 1. The van der Waals surface area contributed by atoms with Crippen LogP contribution in [-0.4, -0.2) is 36.2 Å². The number of aliphatic hydroxyl groups excluding tert-OH is 1. The van der Waals surface area contributed by atoms with Gasteiger partial charge < -0.3 is 26.2 Å². The fraction of sp³-hybridized carbons (Fsp3) is 0.364. The van der Waals surface area contributed by atoms with Crippen molar-refractivity contribution in [1.82, 2.24) is 10.6 Å². The van der Waals surface area contributed by atoms with Crippen LogP contribution in [0.4, 0.5) is 0 Å². The van der Waals surface area contributed by atoms with Crippen molar-refractivity contribution in [1.29, 1.82) is 0 Å². The van der Waals surface area contributed by atoms with Gasteiger partial charge in [-0.2, -0.15) is 0 Å². The van der Waals surface area contributed by atoms with Gasteiger partial charge in [0, 0.05) is 18.7 Å². The highest BCUT2D eigenvalue weighted by molar-refractivity contribution is 5.92. The zero-order valence-corrected chi connectivity index (χ0v) is 17.2. The molecular formula is C22H30N4O3. The van der Waals surface area contributed by atoms with Crippen molar-refractivity contribution in [2.75, 3.05) is 13.1 Å². The van der Waals surface area contributed by atoms with Crippen molar-refractivity contribution in [3.8, 4) is 5.75 Å². The van der Waals surface area contributed by atoms with Crippen LogP contribution in [0.3, 0.4) is 0 Å². The second kappa shape index (κ2) is 11.1. The van der Waals surface area contributed by atoms with Crippen LogP contribution in [0, 0.1) is 0 Å². The van der Waals surface area contributed by atoms with Gasteiger partial charge in [-0.3, -0.25) is 4.79 Å². The summed E-state index contributed by atoms with van der Waals surface area (Å²) in [6, 6.07) is 14.5. The largest absolute Gasteiger partial charge is 0.491 e. The predicted octanol–water partition coefficient (Wildman–Crippen LogP) is 2.36. The molecule has 0 saturated carbocycles. The van der Waals surface area contributed by atoms with E-state index in [1.54, 1.807) is 12.1 Å². The van der Waals surface area contributed by atoms with Gasteiger partial charge in [0.1, 0.15) is 5.75 Å². The molecule has 0 bridgehead atoms. The Morgan fingerprint density at radius 1 is 1.17 bits per heavy atom. The molecule has 7 nitrogen and oxygen atoms in total. The van der Waals surface area contributed by atoms with Crippen LogP contribution in [0.1, 0.15) is 48.4 Å². The van der Waals surface area contributed by atoms with Crippen LogP contribution >= 0.6 is 0 Å². The van der Waals surface area contributed by atoms with E-state index in [4.69, 9.17) is 10.5 Å². The molecule has 2 aromatic rings. The number of hydrogen-bond donors (Lipinski definition) is 4. The summed E-state index contributed by atoms with van der Waals surface area (Å²) in [5, 5.41) is 16.8. The first-order valence-electron chi connectivity index (χ1n) is 9.74. The third kappa shape index (κ3) is 7.46. The standard InChI is InChI=1S/C22H30N4O3/c1-4-24-22(25-13-16-8-10-17(11-9-16)21(23)28)26-14-20(27)18-6-5-7-19(12-18)29-15(2)3/h5-12,15,20,27H,4,13-14H2,1-3H3,(H2,23,28)(H2,24,25,26). The third-order valence-electron chi connectivity index (χ3n) is 4.08. The van der Waals surface area contributed by atoms with E-state index in [1.807, 2.05) is 57.2 Å². The first-order valence-corrected chi connectivity index (χ1v) is 9.74. The minimum atomic E-state index is -0.704. The number of nitrogens with two attached hydrogens (primary N) is 1. The summed E-state index contributed by atoms with van der Waals surface area (Å²) in [6.07, 6.45) is -0.630. The first-order chi connectivity index (χ1) is 13.9. The number of amides is 1. The predicted molar refractivity (Wildman–Crippen MR) is 115 cm³/mol. The smallest absolute Gasteiger partial charge is 0.248 e. The lowest BCUT2D eigenvalue weighted by atomic mass is 10.1. The lowest BCUT2D eigenvalue weighted by Crippen LogP contribution is -2.39. The Hall–Kier alpha value is -3.06. The van der Waals surface area contributed by atoms with E-state index in [0.717, 1.165) is 16.9 Å². The summed E-state index contributed by atoms with van der Waals surface area (Å²) in [7, 11) is 0. The molecule has 1 unspecified atom stereocenters. The van der Waals surface area contributed by atoms with Gasteiger partial charge in [0.15, 0.2) is 5.96 Å². The highest BCUT2D eigenvalue weighted by atomic mass is 16.5. The number of nitrogens with zero attached hydrogens (tertiary/aromatic N) is 1. The number of guanidine groups is 1. The summed E-state index contributed by atoms with van der Waals surface area (Å²) in [6.45, 7) is 7.33. The zero-order valence-electron chi connectivity index (χ0n) is 17.2. The number of benzene rings is 2. The highest BCUT2D eigenvalue weighted by Crippen LogP contribution is 2.20. The third-order valence-corrected chi connectivity index (χ3v) is 4.08. The van der Waals surface area contributed by atoms with Crippen LogP contribution in [0.2, 0.25) is 0 Å². The number of ether oxygens (including phenoxy) is 1. The Bertz CT molecular complexity index is 819. The SMILES string of the molecule is CCNC(=NCc1ccc(C(N)=O)cc1)NCC(O)c1cccc(OC(C)C)c1. The molecule has 0 saturated heterocycles. The van der Waals surface area contributed by atoms with Gasteiger partial charge in [-0.05, 0) is 56.2 Å². The molecule has 156 valence electrons. The molecule has 0 aromatic heterocycles. The van der Waals surface area contributed by atoms with Gasteiger partial charge in [0.2, 0.25) is 5.91 Å². The van der Waals surface area contributed by atoms with Gasteiger partial charge in [0.05, 0.1) is 18.8 Å². The maximum Gasteiger partial charge on any atom is 0.248 e. The Kier molecular flexibility index (Phi) is 8.48. The fourth-order valence-corrected chi connectivity index (χ4v) is 2.67. The lowest BCUT2D eigenvalue weighted by molar-refractivity contribution is 0.1000. The summed E-state index contributed by atoms with van der Waals surface area (Å²) < 4.78 is 5.68. The molecule has 7 heteroatoms. The van der Waals surface area contributed by atoms with E-state index in [9.17, 15) is 9.90 Å². The van der Waals surface area contributed by atoms with E-state index in [2.05, 4.69) is 15.6 Å².